The molecular weight excluding hydrogens is 326 g/mol. The largest absolute Gasteiger partial charge is 0.444 e. The second-order valence-electron chi connectivity index (χ2n) is 7.11. The van der Waals surface area contributed by atoms with Crippen LogP contribution in [0.4, 0.5) is 10.5 Å². The van der Waals surface area contributed by atoms with Gasteiger partial charge in [-0.15, -0.1) is 0 Å². The van der Waals surface area contributed by atoms with Gasteiger partial charge in [-0.05, 0) is 40.2 Å². The Hall–Kier alpha value is -2.64. The maximum absolute atomic E-state index is 12.4. The molecule has 1 fully saturated rings. The first-order valence-corrected chi connectivity index (χ1v) is 8.11. The molecule has 1 aromatic rings. The molecule has 136 valence electrons. The van der Waals surface area contributed by atoms with E-state index in [2.05, 4.69) is 5.32 Å². The van der Waals surface area contributed by atoms with Gasteiger partial charge in [-0.2, -0.15) is 0 Å². The summed E-state index contributed by atoms with van der Waals surface area (Å²) in [6, 6.07) is 4.37. The van der Waals surface area contributed by atoms with Crippen LogP contribution in [-0.4, -0.2) is 46.6 Å². The SMILES string of the molecule is Cc1cccc(C(=O)N[C@H]2CCN(C(=O)OC(C)(C)C)C2)c1[N+](=O)[O-]. The molecule has 0 aliphatic carbocycles. The molecule has 0 spiro atoms. The Balaban J connectivity index is 2.03. The number of likely N-dealkylation sites (tertiary alicyclic amines) is 1. The Labute approximate surface area is 146 Å². The van der Waals surface area contributed by atoms with E-state index in [9.17, 15) is 19.7 Å². The van der Waals surface area contributed by atoms with Crippen LogP contribution in [0.5, 0.6) is 0 Å². The number of carbonyl (C=O) groups excluding carboxylic acids is 2. The first-order valence-electron chi connectivity index (χ1n) is 8.11. The molecule has 1 atom stereocenters. The molecule has 1 heterocycles. The van der Waals surface area contributed by atoms with Crippen LogP contribution in [-0.2, 0) is 4.74 Å². The minimum Gasteiger partial charge on any atom is -0.444 e. The fourth-order valence-electron chi connectivity index (χ4n) is 2.72. The normalized spacial score (nSPS) is 17.3. The summed E-state index contributed by atoms with van der Waals surface area (Å²) in [5.74, 6) is -0.508. The third-order valence-electron chi connectivity index (χ3n) is 3.84. The molecule has 0 saturated carbocycles. The van der Waals surface area contributed by atoms with Gasteiger partial charge in [0.05, 0.1) is 4.92 Å². The number of rotatable bonds is 3. The third kappa shape index (κ3) is 4.68. The van der Waals surface area contributed by atoms with Crippen molar-refractivity contribution >= 4 is 17.7 Å². The Bertz CT molecular complexity index is 696. The van der Waals surface area contributed by atoms with E-state index < -0.39 is 22.5 Å². The fourth-order valence-corrected chi connectivity index (χ4v) is 2.72. The summed E-state index contributed by atoms with van der Waals surface area (Å²) in [7, 11) is 0. The van der Waals surface area contributed by atoms with Gasteiger partial charge in [-0.25, -0.2) is 4.79 Å². The molecule has 25 heavy (non-hydrogen) atoms. The van der Waals surface area contributed by atoms with Crippen LogP contribution in [0.1, 0.15) is 43.1 Å². The summed E-state index contributed by atoms with van der Waals surface area (Å²) in [6.07, 6.45) is 0.149. The Kier molecular flexibility index (Phi) is 5.30. The first-order chi connectivity index (χ1) is 11.6. The molecule has 8 heteroatoms. The van der Waals surface area contributed by atoms with Crippen molar-refractivity contribution in [1.82, 2.24) is 10.2 Å². The average Bonchev–Trinajstić information content (AvgIpc) is 2.93. The molecule has 2 amide bonds. The lowest BCUT2D eigenvalue weighted by atomic mass is 10.1. The van der Waals surface area contributed by atoms with Crippen molar-refractivity contribution in [2.24, 2.45) is 0 Å². The first kappa shape index (κ1) is 18.7. The van der Waals surface area contributed by atoms with Crippen LogP contribution < -0.4 is 5.32 Å². The number of nitrogens with one attached hydrogen (secondary N) is 1. The van der Waals surface area contributed by atoms with E-state index in [0.717, 1.165) is 0 Å². The van der Waals surface area contributed by atoms with Crippen molar-refractivity contribution < 1.29 is 19.2 Å². The number of hydrogen-bond acceptors (Lipinski definition) is 5. The molecule has 0 bridgehead atoms. The number of carbonyl (C=O) groups is 2. The van der Waals surface area contributed by atoms with E-state index in [1.165, 1.54) is 11.0 Å². The standard InChI is InChI=1S/C17H23N3O5/c1-11-6-5-7-13(14(11)20(23)24)15(21)18-12-8-9-19(10-12)16(22)25-17(2,3)4/h5-7,12H,8-10H2,1-4H3,(H,18,21)/t12-/m0/s1. The van der Waals surface area contributed by atoms with Crippen LogP contribution in [0, 0.1) is 17.0 Å². The van der Waals surface area contributed by atoms with E-state index in [-0.39, 0.29) is 17.3 Å². The molecule has 0 aromatic heterocycles. The number of nitrogens with zero attached hydrogens (tertiary/aromatic N) is 2. The number of nitro groups is 1. The minimum absolute atomic E-state index is 0.0284. The van der Waals surface area contributed by atoms with Crippen molar-refractivity contribution in [3.05, 3.63) is 39.4 Å². The summed E-state index contributed by atoms with van der Waals surface area (Å²) in [5.41, 5.74) is -0.317. The van der Waals surface area contributed by atoms with Crippen molar-refractivity contribution in [3.8, 4) is 0 Å². The number of nitro benzene ring substituents is 1. The van der Waals surface area contributed by atoms with Gasteiger partial charge in [0.25, 0.3) is 11.6 Å². The maximum Gasteiger partial charge on any atom is 0.410 e. The minimum atomic E-state index is -0.583. The summed E-state index contributed by atoms with van der Waals surface area (Å²) in [5, 5.41) is 14.0. The van der Waals surface area contributed by atoms with Crippen LogP contribution in [0.25, 0.3) is 0 Å². The molecule has 0 radical (unpaired) electrons. The van der Waals surface area contributed by atoms with E-state index in [1.807, 2.05) is 0 Å². The van der Waals surface area contributed by atoms with E-state index in [0.29, 0.717) is 25.1 Å². The van der Waals surface area contributed by atoms with Crippen molar-refractivity contribution in [2.45, 2.75) is 45.8 Å². The molecule has 1 N–H and O–H groups in total. The van der Waals surface area contributed by atoms with Crippen LogP contribution in [0.3, 0.4) is 0 Å². The molecule has 0 unspecified atom stereocenters. The van der Waals surface area contributed by atoms with Crippen LogP contribution in [0.15, 0.2) is 18.2 Å². The van der Waals surface area contributed by atoms with Gasteiger partial charge in [0.2, 0.25) is 0 Å². The van der Waals surface area contributed by atoms with Gasteiger partial charge in [0, 0.05) is 24.7 Å². The number of amides is 2. The van der Waals surface area contributed by atoms with Crippen LogP contribution in [0.2, 0.25) is 0 Å². The predicted octanol–water partition coefficient (Wildman–Crippen LogP) is 2.64. The fraction of sp³-hybridized carbons (Fsp3) is 0.529. The number of ether oxygens (including phenoxy) is 1. The number of hydrogen-bond donors (Lipinski definition) is 1. The van der Waals surface area contributed by atoms with Crippen molar-refractivity contribution in [2.75, 3.05) is 13.1 Å². The van der Waals surface area contributed by atoms with Gasteiger partial charge in [0.1, 0.15) is 11.2 Å². The number of benzene rings is 1. The molecule has 1 aliphatic heterocycles. The molecule has 1 aliphatic rings. The smallest absolute Gasteiger partial charge is 0.410 e. The lowest BCUT2D eigenvalue weighted by Crippen LogP contribution is -2.40. The van der Waals surface area contributed by atoms with Gasteiger partial charge < -0.3 is 15.0 Å². The topological polar surface area (TPSA) is 102 Å². The molecule has 1 aromatic carbocycles. The van der Waals surface area contributed by atoms with Crippen molar-refractivity contribution in [1.29, 1.82) is 0 Å². The van der Waals surface area contributed by atoms with E-state index in [1.54, 1.807) is 39.8 Å². The highest BCUT2D eigenvalue weighted by atomic mass is 16.6. The van der Waals surface area contributed by atoms with Gasteiger partial charge in [-0.1, -0.05) is 12.1 Å². The summed E-state index contributed by atoms with van der Waals surface area (Å²) in [4.78, 5) is 36.7. The quantitative estimate of drug-likeness (QED) is 0.667. The molecular formula is C17H23N3O5. The average molecular weight is 349 g/mol. The zero-order valence-corrected chi connectivity index (χ0v) is 14.9. The van der Waals surface area contributed by atoms with Crippen LogP contribution >= 0.6 is 0 Å². The Morgan fingerprint density at radius 1 is 1.36 bits per heavy atom. The van der Waals surface area contributed by atoms with Gasteiger partial charge in [-0.3, -0.25) is 14.9 Å². The Morgan fingerprint density at radius 3 is 2.64 bits per heavy atom. The molecule has 2 rings (SSSR count). The zero-order chi connectivity index (χ0) is 18.8. The third-order valence-corrected chi connectivity index (χ3v) is 3.84. The zero-order valence-electron chi connectivity index (χ0n) is 14.9. The van der Waals surface area contributed by atoms with E-state index >= 15 is 0 Å². The van der Waals surface area contributed by atoms with E-state index in [4.69, 9.17) is 4.74 Å². The lowest BCUT2D eigenvalue weighted by Gasteiger charge is -2.24. The maximum atomic E-state index is 12.4. The predicted molar refractivity (Wildman–Crippen MR) is 91.5 cm³/mol. The summed E-state index contributed by atoms with van der Waals surface area (Å²) < 4.78 is 5.31. The number of aryl methyl sites for hydroxylation is 1. The van der Waals surface area contributed by atoms with Gasteiger partial charge in [0.15, 0.2) is 0 Å². The number of para-hydroxylation sites is 1. The Morgan fingerprint density at radius 2 is 2.04 bits per heavy atom. The van der Waals surface area contributed by atoms with Gasteiger partial charge >= 0.3 is 6.09 Å². The molecule has 8 nitrogen and oxygen atoms in total. The summed E-state index contributed by atoms with van der Waals surface area (Å²) in [6.45, 7) is 7.75. The highest BCUT2D eigenvalue weighted by molar-refractivity contribution is 5.98. The molecule has 1 saturated heterocycles. The second kappa shape index (κ2) is 7.08. The lowest BCUT2D eigenvalue weighted by molar-refractivity contribution is -0.385. The van der Waals surface area contributed by atoms with Crippen molar-refractivity contribution in [3.63, 3.8) is 0 Å². The summed E-state index contributed by atoms with van der Waals surface area (Å²) >= 11 is 0. The highest BCUT2D eigenvalue weighted by Gasteiger charge is 2.32. The second-order valence-corrected chi connectivity index (χ2v) is 7.11. The highest BCUT2D eigenvalue weighted by Crippen LogP contribution is 2.23. The monoisotopic (exact) mass is 349 g/mol.